The molecule has 0 aliphatic carbocycles. The summed E-state index contributed by atoms with van der Waals surface area (Å²) in [6.45, 7) is 3.94. The molecule has 0 aromatic heterocycles. The van der Waals surface area contributed by atoms with Crippen molar-refractivity contribution in [2.24, 2.45) is 5.41 Å². The molecule has 0 radical (unpaired) electrons. The van der Waals surface area contributed by atoms with Crippen molar-refractivity contribution in [2.45, 2.75) is 51.0 Å². The van der Waals surface area contributed by atoms with Crippen LogP contribution in [-0.4, -0.2) is 67.1 Å². The van der Waals surface area contributed by atoms with Gasteiger partial charge in [-0.1, -0.05) is 42.3 Å². The van der Waals surface area contributed by atoms with Crippen molar-refractivity contribution in [1.29, 1.82) is 0 Å². The van der Waals surface area contributed by atoms with E-state index in [9.17, 15) is 9.59 Å². The van der Waals surface area contributed by atoms with Gasteiger partial charge in [0.05, 0.1) is 35.4 Å². The van der Waals surface area contributed by atoms with Crippen molar-refractivity contribution in [3.63, 3.8) is 0 Å². The van der Waals surface area contributed by atoms with Crippen molar-refractivity contribution in [3.05, 3.63) is 64.7 Å². The fourth-order valence-electron chi connectivity index (χ4n) is 5.81. The van der Waals surface area contributed by atoms with E-state index in [0.717, 1.165) is 51.5 Å². The summed E-state index contributed by atoms with van der Waals surface area (Å²) >= 11 is 6.29. The molecule has 1 spiro atoms. The molecule has 2 saturated heterocycles. The van der Waals surface area contributed by atoms with E-state index in [2.05, 4.69) is 0 Å². The minimum Gasteiger partial charge on any atom is -0.492 e. The Bertz CT molecular complexity index is 1080. The first-order valence-electron chi connectivity index (χ1n) is 13.2. The smallest absolute Gasteiger partial charge is 0.257 e. The van der Waals surface area contributed by atoms with Crippen LogP contribution in [0.2, 0.25) is 5.02 Å². The maximum absolute atomic E-state index is 13.5. The molecule has 2 amide bonds. The number of fused-ring (bicyclic) bond motifs is 2. The van der Waals surface area contributed by atoms with E-state index in [1.54, 1.807) is 12.1 Å². The van der Waals surface area contributed by atoms with Gasteiger partial charge in [0.2, 0.25) is 0 Å². The molecule has 0 unspecified atom stereocenters. The van der Waals surface area contributed by atoms with E-state index in [4.69, 9.17) is 21.1 Å². The SMILES string of the molecule is O=C(c1ccccc1Cl)N1CCC2(CCCCOC[C@@H]3CCCN3C(=O)c3ccccc3OC2)CC1. The number of hydrogen-bond acceptors (Lipinski definition) is 4. The summed E-state index contributed by atoms with van der Waals surface area (Å²) in [6, 6.07) is 15.0. The zero-order valence-corrected chi connectivity index (χ0v) is 21.5. The zero-order chi connectivity index (χ0) is 25.0. The lowest BCUT2D eigenvalue weighted by molar-refractivity contribution is 0.0303. The highest BCUT2D eigenvalue weighted by atomic mass is 35.5. The fourth-order valence-corrected chi connectivity index (χ4v) is 6.03. The molecule has 5 rings (SSSR count). The number of hydrogen-bond donors (Lipinski definition) is 0. The molecule has 192 valence electrons. The third-order valence-electron chi connectivity index (χ3n) is 8.06. The van der Waals surface area contributed by atoms with Crippen molar-refractivity contribution < 1.29 is 19.1 Å². The first kappa shape index (κ1) is 25.1. The molecule has 1 atom stereocenters. The largest absolute Gasteiger partial charge is 0.492 e. The number of carbonyl (C=O) groups excluding carboxylic acids is 2. The van der Waals surface area contributed by atoms with Gasteiger partial charge in [-0.15, -0.1) is 0 Å². The number of para-hydroxylation sites is 1. The third kappa shape index (κ3) is 5.40. The zero-order valence-electron chi connectivity index (χ0n) is 20.8. The molecule has 3 aliphatic heterocycles. The first-order chi connectivity index (χ1) is 17.6. The molecule has 6 nitrogen and oxygen atoms in total. The molecular formula is C29H35ClN2O4. The standard InChI is InChI=1S/C29H35ClN2O4/c30-25-11-3-1-9-23(25)27(33)31-17-14-29(15-18-31)13-5-6-19-35-20-22-8-7-16-32(22)28(34)24-10-2-4-12-26(24)36-21-29/h1-4,9-12,22H,5-8,13-21H2/t22-/m0/s1. The molecule has 36 heavy (non-hydrogen) atoms. The number of amides is 2. The predicted octanol–water partition coefficient (Wildman–Crippen LogP) is 5.45. The van der Waals surface area contributed by atoms with Gasteiger partial charge in [0.25, 0.3) is 11.8 Å². The Balaban J connectivity index is 1.32. The van der Waals surface area contributed by atoms with Crippen molar-refractivity contribution >= 4 is 23.4 Å². The Morgan fingerprint density at radius 1 is 0.944 bits per heavy atom. The highest BCUT2D eigenvalue weighted by Gasteiger charge is 2.38. The van der Waals surface area contributed by atoms with Crippen molar-refractivity contribution in [2.75, 3.05) is 39.5 Å². The van der Waals surface area contributed by atoms with Gasteiger partial charge in [0.1, 0.15) is 5.75 Å². The number of piperidine rings is 1. The van der Waals surface area contributed by atoms with Crippen LogP contribution in [0.1, 0.15) is 65.7 Å². The van der Waals surface area contributed by atoms with Gasteiger partial charge in [-0.25, -0.2) is 0 Å². The molecule has 0 saturated carbocycles. The molecule has 2 fully saturated rings. The third-order valence-corrected chi connectivity index (χ3v) is 8.39. The summed E-state index contributed by atoms with van der Waals surface area (Å²) in [7, 11) is 0. The molecule has 2 aromatic carbocycles. The van der Waals surface area contributed by atoms with Crippen LogP contribution < -0.4 is 4.74 Å². The number of likely N-dealkylation sites (tertiary alicyclic amines) is 1. The second-order valence-corrected chi connectivity index (χ2v) is 10.8. The van der Waals surface area contributed by atoms with Crippen LogP contribution in [0.4, 0.5) is 0 Å². The van der Waals surface area contributed by atoms with E-state index < -0.39 is 0 Å². The number of ether oxygens (including phenoxy) is 2. The quantitative estimate of drug-likeness (QED) is 0.512. The van der Waals surface area contributed by atoms with Crippen molar-refractivity contribution in [1.82, 2.24) is 9.80 Å². The minimum atomic E-state index is -0.0479. The molecule has 7 heteroatoms. The number of halogens is 1. The van der Waals surface area contributed by atoms with E-state index in [-0.39, 0.29) is 23.3 Å². The van der Waals surface area contributed by atoms with Crippen molar-refractivity contribution in [3.8, 4) is 5.75 Å². The molecule has 3 heterocycles. The van der Waals surface area contributed by atoms with Gasteiger partial charge in [-0.3, -0.25) is 9.59 Å². The lowest BCUT2D eigenvalue weighted by Crippen LogP contribution is -2.45. The number of rotatable bonds is 1. The summed E-state index contributed by atoms with van der Waals surface area (Å²) in [5, 5.41) is 0.491. The minimum absolute atomic E-state index is 0.0123. The van der Waals surface area contributed by atoms with Crippen LogP contribution in [0.15, 0.2) is 48.5 Å². The average Bonchev–Trinajstić information content (AvgIpc) is 3.38. The first-order valence-corrected chi connectivity index (χ1v) is 13.6. The highest BCUT2D eigenvalue weighted by molar-refractivity contribution is 6.33. The summed E-state index contributed by atoms with van der Waals surface area (Å²) in [5.74, 6) is 0.671. The van der Waals surface area contributed by atoms with E-state index >= 15 is 0 Å². The molecule has 3 aliphatic rings. The Morgan fingerprint density at radius 2 is 1.72 bits per heavy atom. The maximum atomic E-state index is 13.5. The van der Waals surface area contributed by atoms with Gasteiger partial charge in [0, 0.05) is 31.7 Å². The Kier molecular flexibility index (Phi) is 7.82. The molecule has 2 aromatic rings. The van der Waals surface area contributed by atoms with Crippen LogP contribution in [0.25, 0.3) is 0 Å². The van der Waals surface area contributed by atoms with Gasteiger partial charge >= 0.3 is 0 Å². The van der Waals surface area contributed by atoms with Crippen LogP contribution in [0.3, 0.4) is 0 Å². The van der Waals surface area contributed by atoms with E-state index in [1.807, 2.05) is 46.2 Å². The van der Waals surface area contributed by atoms with Gasteiger partial charge < -0.3 is 19.3 Å². The van der Waals surface area contributed by atoms with E-state index in [0.29, 0.717) is 54.8 Å². The topological polar surface area (TPSA) is 59.1 Å². The lowest BCUT2D eigenvalue weighted by Gasteiger charge is -2.42. The molecular weight excluding hydrogens is 476 g/mol. The molecule has 0 N–H and O–H groups in total. The normalized spacial score (nSPS) is 22.9. The van der Waals surface area contributed by atoms with Crippen LogP contribution in [0, 0.1) is 5.41 Å². The average molecular weight is 511 g/mol. The Labute approximate surface area is 218 Å². The lowest BCUT2D eigenvalue weighted by atomic mass is 9.75. The van der Waals surface area contributed by atoms with Gasteiger partial charge in [-0.2, -0.15) is 0 Å². The Morgan fingerprint density at radius 3 is 2.56 bits per heavy atom. The maximum Gasteiger partial charge on any atom is 0.257 e. The van der Waals surface area contributed by atoms with Crippen LogP contribution in [0.5, 0.6) is 5.75 Å². The monoisotopic (exact) mass is 510 g/mol. The number of nitrogens with zero attached hydrogens (tertiary/aromatic N) is 2. The van der Waals surface area contributed by atoms with Gasteiger partial charge in [-0.05, 0) is 62.8 Å². The highest BCUT2D eigenvalue weighted by Crippen LogP contribution is 2.39. The summed E-state index contributed by atoms with van der Waals surface area (Å²) in [6.07, 6.45) is 6.76. The predicted molar refractivity (Wildman–Crippen MR) is 140 cm³/mol. The number of benzene rings is 2. The molecule has 0 bridgehead atoms. The van der Waals surface area contributed by atoms with Crippen LogP contribution >= 0.6 is 11.6 Å². The second-order valence-electron chi connectivity index (χ2n) is 10.4. The number of carbonyl (C=O) groups is 2. The summed E-state index contributed by atoms with van der Waals surface area (Å²) in [4.78, 5) is 30.5. The Hall–Kier alpha value is -2.57. The summed E-state index contributed by atoms with van der Waals surface area (Å²) < 4.78 is 12.5. The van der Waals surface area contributed by atoms with E-state index in [1.165, 1.54) is 0 Å². The second kappa shape index (κ2) is 11.2. The van der Waals surface area contributed by atoms with Crippen LogP contribution in [-0.2, 0) is 4.74 Å². The fraction of sp³-hybridized carbons (Fsp3) is 0.517. The van der Waals surface area contributed by atoms with Gasteiger partial charge in [0.15, 0.2) is 0 Å². The summed E-state index contributed by atoms with van der Waals surface area (Å²) in [5.41, 5.74) is 1.14.